The molecule has 16 heavy (non-hydrogen) atoms. The second-order valence-corrected chi connectivity index (χ2v) is 5.04. The van der Waals surface area contributed by atoms with E-state index in [0.717, 1.165) is 12.8 Å². The molecule has 0 radical (unpaired) electrons. The molecule has 3 fully saturated rings. The van der Waals surface area contributed by atoms with Crippen molar-refractivity contribution >= 4 is 11.9 Å². The van der Waals surface area contributed by atoms with E-state index in [1.54, 1.807) is 19.1 Å². The van der Waals surface area contributed by atoms with Gasteiger partial charge in [-0.05, 0) is 12.8 Å². The Kier molecular flexibility index (Phi) is 2.01. The Hall–Kier alpha value is -1.10. The minimum Gasteiger partial charge on any atom is -0.272 e. The van der Waals surface area contributed by atoms with Crippen LogP contribution < -0.4 is 0 Å². The van der Waals surface area contributed by atoms with Gasteiger partial charge >= 0.3 is 6.03 Å². The molecule has 3 rings (SSSR count). The lowest BCUT2D eigenvalue weighted by Gasteiger charge is -2.61. The largest absolute Gasteiger partial charge is 0.340 e. The zero-order chi connectivity index (χ0) is 11.4. The fourth-order valence-electron chi connectivity index (χ4n) is 3.45. The molecule has 3 aliphatic rings. The van der Waals surface area contributed by atoms with Gasteiger partial charge in [0.1, 0.15) is 6.04 Å². The molecule has 0 spiro atoms. The Morgan fingerprint density at radius 3 is 2.56 bits per heavy atom. The van der Waals surface area contributed by atoms with Gasteiger partial charge in [-0.2, -0.15) is 0 Å². The SMILES string of the molecule is CN1C(=O)[C@@H]2[C@H]3CCCC[C@H]3N2N(C)C1=O. The number of carbonyl (C=O) groups excluding carboxylic acids is 2. The average Bonchev–Trinajstić information content (AvgIpc) is 2.27. The van der Waals surface area contributed by atoms with E-state index in [-0.39, 0.29) is 18.0 Å². The maximum absolute atomic E-state index is 12.0. The minimum atomic E-state index is -0.203. The van der Waals surface area contributed by atoms with Crippen LogP contribution in [0.2, 0.25) is 0 Å². The average molecular weight is 223 g/mol. The highest BCUT2D eigenvalue weighted by Gasteiger charge is 2.59. The van der Waals surface area contributed by atoms with Gasteiger partial charge in [0.25, 0.3) is 0 Å². The summed E-state index contributed by atoms with van der Waals surface area (Å²) in [4.78, 5) is 25.1. The number of amides is 3. The highest BCUT2D eigenvalue weighted by molar-refractivity contribution is 5.99. The molecule has 2 heterocycles. The predicted molar refractivity (Wildman–Crippen MR) is 57.3 cm³/mol. The van der Waals surface area contributed by atoms with Gasteiger partial charge in [0.05, 0.1) is 0 Å². The Balaban J connectivity index is 1.90. The number of hydrogen-bond acceptors (Lipinski definition) is 3. The summed E-state index contributed by atoms with van der Waals surface area (Å²) >= 11 is 0. The van der Waals surface area contributed by atoms with E-state index in [0.29, 0.717) is 12.0 Å². The quantitative estimate of drug-likeness (QED) is 0.606. The van der Waals surface area contributed by atoms with Crippen LogP contribution in [0.25, 0.3) is 0 Å². The molecule has 5 heteroatoms. The van der Waals surface area contributed by atoms with E-state index in [4.69, 9.17) is 0 Å². The Morgan fingerprint density at radius 1 is 1.12 bits per heavy atom. The fourth-order valence-corrected chi connectivity index (χ4v) is 3.45. The molecule has 2 saturated heterocycles. The molecule has 5 nitrogen and oxygen atoms in total. The van der Waals surface area contributed by atoms with Gasteiger partial charge in [-0.15, -0.1) is 0 Å². The van der Waals surface area contributed by atoms with Crippen LogP contribution in [0, 0.1) is 5.92 Å². The van der Waals surface area contributed by atoms with Crippen molar-refractivity contribution in [3.05, 3.63) is 0 Å². The zero-order valence-corrected chi connectivity index (χ0v) is 9.72. The summed E-state index contributed by atoms with van der Waals surface area (Å²) in [6.45, 7) is 0. The third kappa shape index (κ3) is 1.04. The molecule has 1 aliphatic carbocycles. The second-order valence-electron chi connectivity index (χ2n) is 5.04. The van der Waals surface area contributed by atoms with Crippen molar-refractivity contribution in [1.29, 1.82) is 0 Å². The van der Waals surface area contributed by atoms with Crippen molar-refractivity contribution in [2.24, 2.45) is 5.92 Å². The standard InChI is InChI=1S/C11H17N3O2/c1-12-10(15)9-7-5-3-4-6-8(7)14(9)13(2)11(12)16/h7-9H,3-6H2,1-2H3/t7-,8+,9-/m0/s1. The lowest BCUT2D eigenvalue weighted by molar-refractivity contribution is -0.209. The summed E-state index contributed by atoms with van der Waals surface area (Å²) in [6, 6.07) is 0.147. The van der Waals surface area contributed by atoms with Gasteiger partial charge < -0.3 is 0 Å². The van der Waals surface area contributed by atoms with Gasteiger partial charge in [0.15, 0.2) is 0 Å². The van der Waals surface area contributed by atoms with E-state index >= 15 is 0 Å². The number of imide groups is 1. The Labute approximate surface area is 94.9 Å². The second kappa shape index (κ2) is 3.20. The molecule has 0 aromatic carbocycles. The third-order valence-corrected chi connectivity index (χ3v) is 4.31. The van der Waals surface area contributed by atoms with Crippen LogP contribution in [0.1, 0.15) is 25.7 Å². The summed E-state index contributed by atoms with van der Waals surface area (Å²) in [5, 5.41) is 3.62. The molecule has 0 unspecified atom stereocenters. The molecular weight excluding hydrogens is 206 g/mol. The molecule has 0 N–H and O–H groups in total. The van der Waals surface area contributed by atoms with Gasteiger partial charge in [-0.3, -0.25) is 14.7 Å². The lowest BCUT2D eigenvalue weighted by Crippen LogP contribution is -2.78. The molecule has 0 aromatic heterocycles. The maximum Gasteiger partial charge on any atom is 0.340 e. The van der Waals surface area contributed by atoms with E-state index in [2.05, 4.69) is 0 Å². The van der Waals surface area contributed by atoms with Crippen LogP contribution in [0.15, 0.2) is 0 Å². The van der Waals surface area contributed by atoms with Crippen LogP contribution in [0.3, 0.4) is 0 Å². The summed E-state index contributed by atoms with van der Waals surface area (Å²) in [7, 11) is 3.34. The molecular formula is C11H17N3O2. The highest BCUT2D eigenvalue weighted by atomic mass is 16.2. The fraction of sp³-hybridized carbons (Fsp3) is 0.818. The number of urea groups is 1. The van der Waals surface area contributed by atoms with Crippen molar-refractivity contribution < 1.29 is 9.59 Å². The Morgan fingerprint density at radius 2 is 1.81 bits per heavy atom. The maximum atomic E-state index is 12.0. The van der Waals surface area contributed by atoms with Crippen molar-refractivity contribution in [3.8, 4) is 0 Å². The van der Waals surface area contributed by atoms with Gasteiger partial charge in [0, 0.05) is 26.1 Å². The third-order valence-electron chi connectivity index (χ3n) is 4.31. The number of likely N-dealkylation sites (N-methyl/N-ethyl adjacent to an activating group) is 1. The first-order valence-corrected chi connectivity index (χ1v) is 5.96. The molecule has 3 atom stereocenters. The van der Waals surface area contributed by atoms with E-state index in [1.165, 1.54) is 17.7 Å². The molecule has 0 bridgehead atoms. The van der Waals surface area contributed by atoms with Crippen LogP contribution in [0.4, 0.5) is 4.79 Å². The summed E-state index contributed by atoms with van der Waals surface area (Å²) in [5.74, 6) is 0.450. The summed E-state index contributed by atoms with van der Waals surface area (Å²) < 4.78 is 0. The van der Waals surface area contributed by atoms with Gasteiger partial charge in [-0.25, -0.2) is 9.80 Å². The number of rotatable bonds is 0. The summed E-state index contributed by atoms with van der Waals surface area (Å²) in [6.07, 6.45) is 4.69. The Bertz CT molecular complexity index is 357. The van der Waals surface area contributed by atoms with E-state index in [9.17, 15) is 9.59 Å². The molecule has 3 amide bonds. The first-order valence-electron chi connectivity index (χ1n) is 5.96. The summed E-state index contributed by atoms with van der Waals surface area (Å²) in [5.41, 5.74) is 0. The van der Waals surface area contributed by atoms with Gasteiger partial charge in [-0.1, -0.05) is 12.8 Å². The first kappa shape index (κ1) is 10.1. The van der Waals surface area contributed by atoms with Crippen LogP contribution in [0.5, 0.6) is 0 Å². The lowest BCUT2D eigenvalue weighted by atomic mass is 9.71. The molecule has 1 saturated carbocycles. The number of carbonyl (C=O) groups is 2. The number of hydrazine groups is 1. The van der Waals surface area contributed by atoms with Crippen molar-refractivity contribution in [1.82, 2.24) is 14.9 Å². The van der Waals surface area contributed by atoms with E-state index < -0.39 is 0 Å². The van der Waals surface area contributed by atoms with Crippen LogP contribution in [-0.4, -0.2) is 53.0 Å². The topological polar surface area (TPSA) is 43.9 Å². The molecule has 0 aromatic rings. The number of hydrogen-bond donors (Lipinski definition) is 0. The molecule has 2 aliphatic heterocycles. The van der Waals surface area contributed by atoms with Crippen molar-refractivity contribution in [3.63, 3.8) is 0 Å². The molecule has 88 valence electrons. The first-order chi connectivity index (χ1) is 7.63. The van der Waals surface area contributed by atoms with E-state index in [1.807, 2.05) is 5.01 Å². The van der Waals surface area contributed by atoms with Gasteiger partial charge in [0.2, 0.25) is 5.91 Å². The smallest absolute Gasteiger partial charge is 0.272 e. The zero-order valence-electron chi connectivity index (χ0n) is 9.72. The normalized spacial score (nSPS) is 39.2. The van der Waals surface area contributed by atoms with Crippen LogP contribution in [-0.2, 0) is 4.79 Å². The van der Waals surface area contributed by atoms with Crippen LogP contribution >= 0.6 is 0 Å². The highest BCUT2D eigenvalue weighted by Crippen LogP contribution is 2.45. The van der Waals surface area contributed by atoms with Crippen molar-refractivity contribution in [2.75, 3.05) is 14.1 Å². The minimum absolute atomic E-state index is 0.0220. The number of nitrogens with zero attached hydrogens (tertiary/aromatic N) is 3. The van der Waals surface area contributed by atoms with Crippen molar-refractivity contribution in [2.45, 2.75) is 37.8 Å². The monoisotopic (exact) mass is 223 g/mol. The predicted octanol–water partition coefficient (Wildman–Crippen LogP) is 0.668. The number of fused-ring (bicyclic) bond motifs is 4.